The number of anilines is 3. The third kappa shape index (κ3) is 5.85. The summed E-state index contributed by atoms with van der Waals surface area (Å²) in [5, 5.41) is 7.41. The molecule has 0 atom stereocenters. The Bertz CT molecular complexity index is 3220. The highest BCUT2D eigenvalue weighted by molar-refractivity contribution is 6.14. The third-order valence-electron chi connectivity index (χ3n) is 12.8. The van der Waals surface area contributed by atoms with E-state index in [0.29, 0.717) is 0 Å². The van der Waals surface area contributed by atoms with Gasteiger partial charge in [0, 0.05) is 33.4 Å². The van der Waals surface area contributed by atoms with Gasteiger partial charge in [-0.05, 0) is 132 Å². The molecule has 2 heteroatoms. The molecule has 284 valence electrons. The van der Waals surface area contributed by atoms with Crippen molar-refractivity contribution < 1.29 is 4.42 Å². The van der Waals surface area contributed by atoms with Crippen molar-refractivity contribution in [3.05, 3.63) is 199 Å². The maximum absolute atomic E-state index is 6.79. The second-order valence-corrected chi connectivity index (χ2v) is 17.7. The van der Waals surface area contributed by atoms with Gasteiger partial charge in [0.25, 0.3) is 0 Å². The minimum absolute atomic E-state index is 0.112. The molecule has 2 nitrogen and oxygen atoms in total. The maximum atomic E-state index is 6.79. The van der Waals surface area contributed by atoms with Crippen molar-refractivity contribution in [2.24, 2.45) is 0 Å². The molecule has 10 aromatic rings. The van der Waals surface area contributed by atoms with E-state index in [2.05, 4.69) is 221 Å². The molecule has 0 N–H and O–H groups in total. The quantitative estimate of drug-likeness (QED) is 0.157. The molecule has 0 bridgehead atoms. The first-order valence-corrected chi connectivity index (χ1v) is 20.8. The van der Waals surface area contributed by atoms with Gasteiger partial charge in [0.1, 0.15) is 11.2 Å². The van der Waals surface area contributed by atoms with E-state index in [1.165, 1.54) is 65.7 Å². The Hall–Kier alpha value is -6.90. The highest BCUT2D eigenvalue weighted by Crippen LogP contribution is 2.52. The van der Waals surface area contributed by atoms with E-state index in [4.69, 9.17) is 4.42 Å². The van der Waals surface area contributed by atoms with Crippen LogP contribution in [0.2, 0.25) is 0 Å². The van der Waals surface area contributed by atoms with Gasteiger partial charge in [-0.25, -0.2) is 0 Å². The zero-order chi connectivity index (χ0) is 39.9. The molecule has 1 aliphatic carbocycles. The van der Waals surface area contributed by atoms with Crippen LogP contribution in [0.3, 0.4) is 0 Å². The maximum Gasteiger partial charge on any atom is 0.143 e. The second-order valence-electron chi connectivity index (χ2n) is 17.7. The normalized spacial score (nSPS) is 14.3. The fourth-order valence-electron chi connectivity index (χ4n) is 10.3. The number of para-hydroxylation sites is 1. The van der Waals surface area contributed by atoms with Crippen molar-refractivity contribution in [2.75, 3.05) is 4.90 Å². The predicted octanol–water partition coefficient (Wildman–Crippen LogP) is 16.3. The van der Waals surface area contributed by atoms with Crippen molar-refractivity contribution in [1.29, 1.82) is 0 Å². The molecule has 0 radical (unpaired) electrons. The molecular formula is C57H45NO. The summed E-state index contributed by atoms with van der Waals surface area (Å²) in [6, 6.07) is 68.6. The standard InChI is InChI=1S/C57H45NO/c1-56(2)36-57(3,4)53-35-54-51(34-52(53)56)49-23-13-22-46(55(49)59-54)39-26-30-43(31-27-39)58(42-28-24-38(25-29-42)37-14-6-5-7-15-37)44-18-12-17-40(32-44)50-33-41-16-8-9-19-45(41)47-20-10-11-21-48(47)50/h5-35H,36H2,1-4H3. The van der Waals surface area contributed by atoms with Crippen LogP contribution in [0.25, 0.3) is 76.9 Å². The summed E-state index contributed by atoms with van der Waals surface area (Å²) in [6.45, 7) is 9.49. The molecule has 0 unspecified atom stereocenters. The van der Waals surface area contributed by atoms with Crippen molar-refractivity contribution >= 4 is 60.5 Å². The minimum Gasteiger partial charge on any atom is -0.455 e. The first kappa shape index (κ1) is 35.3. The van der Waals surface area contributed by atoms with E-state index in [1.807, 2.05) is 0 Å². The number of hydrogen-bond acceptors (Lipinski definition) is 2. The Morgan fingerprint density at radius 2 is 0.966 bits per heavy atom. The van der Waals surface area contributed by atoms with E-state index in [1.54, 1.807) is 0 Å². The lowest BCUT2D eigenvalue weighted by atomic mass is 9.82. The van der Waals surface area contributed by atoms with Crippen molar-refractivity contribution in [1.82, 2.24) is 0 Å². The smallest absolute Gasteiger partial charge is 0.143 e. The van der Waals surface area contributed by atoms with Gasteiger partial charge in [0.15, 0.2) is 0 Å². The van der Waals surface area contributed by atoms with E-state index >= 15 is 0 Å². The van der Waals surface area contributed by atoms with Crippen LogP contribution >= 0.6 is 0 Å². The average Bonchev–Trinajstić information content (AvgIpc) is 3.73. The number of fused-ring (bicyclic) bond motifs is 7. The first-order chi connectivity index (χ1) is 28.7. The lowest BCUT2D eigenvalue weighted by molar-refractivity contribution is 0.403. The number of nitrogens with zero attached hydrogens (tertiary/aromatic N) is 1. The highest BCUT2D eigenvalue weighted by Gasteiger charge is 2.42. The zero-order valence-electron chi connectivity index (χ0n) is 34.0. The molecule has 59 heavy (non-hydrogen) atoms. The summed E-state index contributed by atoms with van der Waals surface area (Å²) in [5.74, 6) is 0. The molecular weight excluding hydrogens is 715 g/mol. The Balaban J connectivity index is 1.03. The molecule has 0 spiro atoms. The molecule has 9 aromatic carbocycles. The van der Waals surface area contributed by atoms with Gasteiger partial charge in [0.2, 0.25) is 0 Å². The molecule has 1 aromatic heterocycles. The molecule has 1 aliphatic rings. The van der Waals surface area contributed by atoms with Gasteiger partial charge in [-0.1, -0.05) is 161 Å². The van der Waals surface area contributed by atoms with Crippen LogP contribution in [-0.2, 0) is 10.8 Å². The summed E-state index contributed by atoms with van der Waals surface area (Å²) in [5.41, 5.74) is 15.3. The molecule has 11 rings (SSSR count). The molecule has 0 fully saturated rings. The third-order valence-corrected chi connectivity index (χ3v) is 12.8. The monoisotopic (exact) mass is 759 g/mol. The fourth-order valence-corrected chi connectivity index (χ4v) is 10.3. The van der Waals surface area contributed by atoms with Crippen molar-refractivity contribution in [2.45, 2.75) is 44.9 Å². The van der Waals surface area contributed by atoms with Gasteiger partial charge >= 0.3 is 0 Å². The van der Waals surface area contributed by atoms with Gasteiger partial charge < -0.3 is 9.32 Å². The van der Waals surface area contributed by atoms with Gasteiger partial charge in [-0.3, -0.25) is 0 Å². The topological polar surface area (TPSA) is 16.4 Å². The van der Waals surface area contributed by atoms with Crippen molar-refractivity contribution in [3.63, 3.8) is 0 Å². The summed E-state index contributed by atoms with van der Waals surface area (Å²) < 4.78 is 6.79. The minimum atomic E-state index is 0.112. The zero-order valence-corrected chi connectivity index (χ0v) is 34.0. The Morgan fingerprint density at radius 1 is 0.390 bits per heavy atom. The predicted molar refractivity (Wildman–Crippen MR) is 250 cm³/mol. The molecule has 0 aliphatic heterocycles. The SMILES string of the molecule is CC1(C)CC(C)(C)c2cc3c(cc21)oc1c(-c2ccc(N(c4ccc(-c5ccccc5)cc4)c4cccc(-c5cc6ccccc6c6ccccc56)c4)cc2)cccc13. The fraction of sp³-hybridized carbons (Fsp3) is 0.123. The van der Waals surface area contributed by atoms with Gasteiger partial charge in [-0.2, -0.15) is 0 Å². The number of furan rings is 1. The average molecular weight is 760 g/mol. The van der Waals surface area contributed by atoms with E-state index in [-0.39, 0.29) is 10.8 Å². The van der Waals surface area contributed by atoms with Crippen molar-refractivity contribution in [3.8, 4) is 33.4 Å². The number of rotatable bonds is 6. The van der Waals surface area contributed by atoms with Gasteiger partial charge in [0.05, 0.1) is 0 Å². The Kier molecular flexibility index (Phi) is 7.97. The second kappa shape index (κ2) is 13.3. The summed E-state index contributed by atoms with van der Waals surface area (Å²) in [6.07, 6.45) is 1.14. The Labute approximate surface area is 346 Å². The van der Waals surface area contributed by atoms with Crippen LogP contribution in [-0.4, -0.2) is 0 Å². The van der Waals surface area contributed by atoms with E-state index in [0.717, 1.165) is 45.8 Å². The lowest BCUT2D eigenvalue weighted by Gasteiger charge is -2.26. The van der Waals surface area contributed by atoms with E-state index in [9.17, 15) is 0 Å². The lowest BCUT2D eigenvalue weighted by Crippen LogP contribution is -2.17. The van der Waals surface area contributed by atoms with Crippen LogP contribution in [0, 0.1) is 0 Å². The number of benzene rings is 9. The first-order valence-electron chi connectivity index (χ1n) is 20.8. The largest absolute Gasteiger partial charge is 0.455 e. The Morgan fingerprint density at radius 3 is 1.71 bits per heavy atom. The molecule has 1 heterocycles. The summed E-state index contributed by atoms with van der Waals surface area (Å²) >= 11 is 0. The van der Waals surface area contributed by atoms with E-state index < -0.39 is 0 Å². The summed E-state index contributed by atoms with van der Waals surface area (Å²) in [7, 11) is 0. The van der Waals surface area contributed by atoms with Crippen LogP contribution in [0.1, 0.15) is 45.2 Å². The van der Waals surface area contributed by atoms with Crippen LogP contribution in [0.15, 0.2) is 192 Å². The number of hydrogen-bond donors (Lipinski definition) is 0. The molecule has 0 amide bonds. The van der Waals surface area contributed by atoms with Crippen LogP contribution in [0.5, 0.6) is 0 Å². The molecule has 0 saturated carbocycles. The van der Waals surface area contributed by atoms with Crippen LogP contribution in [0.4, 0.5) is 17.1 Å². The highest BCUT2D eigenvalue weighted by atomic mass is 16.3. The van der Waals surface area contributed by atoms with Crippen LogP contribution < -0.4 is 4.90 Å². The van der Waals surface area contributed by atoms with Gasteiger partial charge in [-0.15, -0.1) is 0 Å². The molecule has 0 saturated heterocycles. The summed E-state index contributed by atoms with van der Waals surface area (Å²) in [4.78, 5) is 2.37.